The summed E-state index contributed by atoms with van der Waals surface area (Å²) in [6, 6.07) is 8.18. The van der Waals surface area contributed by atoms with Gasteiger partial charge in [0.2, 0.25) is 5.91 Å². The number of hydrogen-bond acceptors (Lipinski definition) is 3. The Bertz CT molecular complexity index is 530. The first-order valence-electron chi connectivity index (χ1n) is 7.29. The Hall–Kier alpha value is -1.88. The lowest BCUT2D eigenvalue weighted by Gasteiger charge is -2.36. The minimum atomic E-state index is -0.842. The fourth-order valence-electron chi connectivity index (χ4n) is 2.74. The lowest BCUT2D eigenvalue weighted by Crippen LogP contribution is -2.46. The van der Waals surface area contributed by atoms with E-state index in [1.165, 1.54) is 5.56 Å². The van der Waals surface area contributed by atoms with Crippen molar-refractivity contribution in [2.45, 2.75) is 32.2 Å². The number of nitrogens with zero attached hydrogens (tertiary/aromatic N) is 2. The Kier molecular flexibility index (Phi) is 4.96. The fraction of sp³-hybridized carbons (Fsp3) is 0.500. The molecular formula is C16H22N2O3. The van der Waals surface area contributed by atoms with E-state index < -0.39 is 5.97 Å². The zero-order valence-electron chi connectivity index (χ0n) is 12.6. The summed E-state index contributed by atoms with van der Waals surface area (Å²) in [4.78, 5) is 26.8. The smallest absolute Gasteiger partial charge is 0.304 e. The van der Waals surface area contributed by atoms with Gasteiger partial charge in [0, 0.05) is 18.3 Å². The maximum atomic E-state index is 12.6. The van der Waals surface area contributed by atoms with Crippen LogP contribution in [0.4, 0.5) is 5.69 Å². The molecule has 21 heavy (non-hydrogen) atoms. The Morgan fingerprint density at radius 1 is 1.38 bits per heavy atom. The third-order valence-electron chi connectivity index (χ3n) is 3.90. The molecule has 114 valence electrons. The second-order valence-electron chi connectivity index (χ2n) is 5.66. The number of carbonyl (C=O) groups excluding carboxylic acids is 1. The molecule has 2 rings (SSSR count). The highest BCUT2D eigenvalue weighted by Crippen LogP contribution is 2.30. The van der Waals surface area contributed by atoms with Crippen molar-refractivity contribution in [3.8, 4) is 0 Å². The second kappa shape index (κ2) is 6.72. The molecule has 0 aliphatic carbocycles. The number of carboxylic acids is 1. The van der Waals surface area contributed by atoms with Crippen LogP contribution in [-0.4, -0.2) is 48.1 Å². The maximum absolute atomic E-state index is 12.6. The summed E-state index contributed by atoms with van der Waals surface area (Å²) in [6.07, 6.45) is 2.01. The zero-order valence-corrected chi connectivity index (χ0v) is 12.6. The van der Waals surface area contributed by atoms with Gasteiger partial charge >= 0.3 is 5.97 Å². The molecule has 0 saturated heterocycles. The molecule has 0 spiro atoms. The van der Waals surface area contributed by atoms with Crippen molar-refractivity contribution in [2.75, 3.05) is 25.0 Å². The molecule has 0 fully saturated rings. The molecule has 1 atom stereocenters. The molecule has 0 aromatic heterocycles. The average molecular weight is 290 g/mol. The predicted octanol–water partition coefficient (Wildman–Crippen LogP) is 1.76. The predicted molar refractivity (Wildman–Crippen MR) is 81.5 cm³/mol. The van der Waals surface area contributed by atoms with Gasteiger partial charge in [-0.15, -0.1) is 0 Å². The number of carboxylic acid groups (broad SMARTS) is 1. The van der Waals surface area contributed by atoms with Crippen molar-refractivity contribution in [2.24, 2.45) is 0 Å². The number of para-hydroxylation sites is 1. The Morgan fingerprint density at radius 2 is 2.10 bits per heavy atom. The number of aryl methyl sites for hydroxylation is 1. The lowest BCUT2D eigenvalue weighted by atomic mass is 9.96. The van der Waals surface area contributed by atoms with E-state index in [0.29, 0.717) is 6.54 Å². The molecule has 1 N–H and O–H groups in total. The Balaban J connectivity index is 2.06. The summed E-state index contributed by atoms with van der Waals surface area (Å²) < 4.78 is 0. The summed E-state index contributed by atoms with van der Waals surface area (Å²) >= 11 is 0. The van der Waals surface area contributed by atoms with Crippen LogP contribution in [0.3, 0.4) is 0 Å². The number of likely N-dealkylation sites (N-methyl/N-ethyl adjacent to an activating group) is 1. The van der Waals surface area contributed by atoms with Gasteiger partial charge in [-0.3, -0.25) is 14.5 Å². The molecule has 5 heteroatoms. The van der Waals surface area contributed by atoms with E-state index in [0.717, 1.165) is 18.5 Å². The number of benzene rings is 1. The molecule has 1 aliphatic heterocycles. The highest BCUT2D eigenvalue weighted by Gasteiger charge is 2.28. The molecular weight excluding hydrogens is 268 g/mol. The first-order valence-corrected chi connectivity index (χ1v) is 7.29. The molecule has 0 bridgehead atoms. The van der Waals surface area contributed by atoms with E-state index in [-0.39, 0.29) is 24.9 Å². The first-order chi connectivity index (χ1) is 9.99. The minimum absolute atomic E-state index is 0.0301. The number of fused-ring (bicyclic) bond motifs is 1. The standard InChI is InChI=1S/C16H22N2O3/c1-12-7-8-13-5-3-4-6-14(13)18(12)15(19)11-17(2)10-9-16(20)21/h3-6,12H,7-11H2,1-2H3,(H,20,21). The minimum Gasteiger partial charge on any atom is -0.481 e. The van der Waals surface area contributed by atoms with E-state index in [4.69, 9.17) is 5.11 Å². The van der Waals surface area contributed by atoms with E-state index in [9.17, 15) is 9.59 Å². The average Bonchev–Trinajstić information content (AvgIpc) is 2.44. The number of amides is 1. The van der Waals surface area contributed by atoms with Crippen LogP contribution in [0.15, 0.2) is 24.3 Å². The summed E-state index contributed by atoms with van der Waals surface area (Å²) in [7, 11) is 1.78. The molecule has 1 unspecified atom stereocenters. The molecule has 5 nitrogen and oxygen atoms in total. The van der Waals surface area contributed by atoms with Crippen LogP contribution in [0.2, 0.25) is 0 Å². The normalized spacial score (nSPS) is 17.7. The number of carbonyl (C=O) groups is 2. The van der Waals surface area contributed by atoms with Crippen molar-refractivity contribution in [1.82, 2.24) is 4.90 Å². The number of aliphatic carboxylic acids is 1. The van der Waals surface area contributed by atoms with Gasteiger partial charge in [0.25, 0.3) is 0 Å². The molecule has 1 aromatic rings. The van der Waals surface area contributed by atoms with Crippen LogP contribution in [0.1, 0.15) is 25.3 Å². The molecule has 1 aliphatic rings. The third kappa shape index (κ3) is 3.82. The van der Waals surface area contributed by atoms with Gasteiger partial charge in [-0.1, -0.05) is 18.2 Å². The van der Waals surface area contributed by atoms with Crippen LogP contribution in [0, 0.1) is 0 Å². The van der Waals surface area contributed by atoms with Crippen LogP contribution in [-0.2, 0) is 16.0 Å². The zero-order chi connectivity index (χ0) is 15.4. The van der Waals surface area contributed by atoms with Crippen LogP contribution in [0.25, 0.3) is 0 Å². The van der Waals surface area contributed by atoms with E-state index in [2.05, 4.69) is 13.0 Å². The Labute approximate surface area is 125 Å². The Morgan fingerprint density at radius 3 is 2.81 bits per heavy atom. The van der Waals surface area contributed by atoms with Gasteiger partial charge in [0.15, 0.2) is 0 Å². The fourth-order valence-corrected chi connectivity index (χ4v) is 2.74. The van der Waals surface area contributed by atoms with Crippen molar-refractivity contribution in [3.63, 3.8) is 0 Å². The summed E-state index contributed by atoms with van der Waals surface area (Å²) in [5.74, 6) is -0.812. The highest BCUT2D eigenvalue weighted by molar-refractivity contribution is 5.96. The molecule has 0 saturated carbocycles. The van der Waals surface area contributed by atoms with Gasteiger partial charge in [0.05, 0.1) is 13.0 Å². The van der Waals surface area contributed by atoms with Gasteiger partial charge in [0.1, 0.15) is 0 Å². The molecule has 0 radical (unpaired) electrons. The lowest BCUT2D eigenvalue weighted by molar-refractivity contribution is -0.137. The van der Waals surface area contributed by atoms with Crippen LogP contribution in [0.5, 0.6) is 0 Å². The van der Waals surface area contributed by atoms with E-state index in [1.807, 2.05) is 23.1 Å². The topological polar surface area (TPSA) is 60.9 Å². The summed E-state index contributed by atoms with van der Waals surface area (Å²) in [6.45, 7) is 2.68. The maximum Gasteiger partial charge on any atom is 0.304 e. The third-order valence-corrected chi connectivity index (χ3v) is 3.90. The van der Waals surface area contributed by atoms with E-state index in [1.54, 1.807) is 11.9 Å². The molecule has 1 heterocycles. The SMILES string of the molecule is CC1CCc2ccccc2N1C(=O)CN(C)CCC(=O)O. The number of rotatable bonds is 5. The quantitative estimate of drug-likeness (QED) is 0.897. The van der Waals surface area contributed by atoms with Crippen LogP contribution < -0.4 is 4.90 Å². The summed E-state index contributed by atoms with van der Waals surface area (Å²) in [5.41, 5.74) is 2.20. The van der Waals surface area contributed by atoms with E-state index >= 15 is 0 Å². The van der Waals surface area contributed by atoms with Crippen molar-refractivity contribution < 1.29 is 14.7 Å². The second-order valence-corrected chi connectivity index (χ2v) is 5.66. The number of hydrogen-bond donors (Lipinski definition) is 1. The van der Waals surface area contributed by atoms with Gasteiger partial charge < -0.3 is 10.0 Å². The van der Waals surface area contributed by atoms with Gasteiger partial charge in [-0.25, -0.2) is 0 Å². The van der Waals surface area contributed by atoms with Crippen molar-refractivity contribution >= 4 is 17.6 Å². The van der Waals surface area contributed by atoms with Gasteiger partial charge in [-0.2, -0.15) is 0 Å². The monoisotopic (exact) mass is 290 g/mol. The highest BCUT2D eigenvalue weighted by atomic mass is 16.4. The van der Waals surface area contributed by atoms with Crippen molar-refractivity contribution in [3.05, 3.63) is 29.8 Å². The summed E-state index contributed by atoms with van der Waals surface area (Å²) in [5, 5.41) is 8.70. The van der Waals surface area contributed by atoms with Crippen molar-refractivity contribution in [1.29, 1.82) is 0 Å². The largest absolute Gasteiger partial charge is 0.481 e. The first kappa shape index (κ1) is 15.5. The van der Waals surface area contributed by atoms with Gasteiger partial charge in [-0.05, 0) is 38.4 Å². The molecule has 1 aromatic carbocycles. The molecule has 1 amide bonds. The number of anilines is 1. The van der Waals surface area contributed by atoms with Crippen LogP contribution >= 0.6 is 0 Å².